The van der Waals surface area contributed by atoms with Crippen molar-refractivity contribution in [3.63, 3.8) is 0 Å². The maximum absolute atomic E-state index is 14.2. The number of aromatic nitrogens is 3. The first kappa shape index (κ1) is 19.5. The Bertz CT molecular complexity index is 1210. The van der Waals surface area contributed by atoms with E-state index in [2.05, 4.69) is 15.0 Å². The van der Waals surface area contributed by atoms with Gasteiger partial charge in [-0.15, -0.1) is 0 Å². The van der Waals surface area contributed by atoms with Crippen molar-refractivity contribution in [3.8, 4) is 0 Å². The van der Waals surface area contributed by atoms with E-state index in [0.29, 0.717) is 42.9 Å². The van der Waals surface area contributed by atoms with Crippen LogP contribution in [0.4, 0.5) is 20.4 Å². The summed E-state index contributed by atoms with van der Waals surface area (Å²) in [5, 5.41) is 0. The number of aryl methyl sites for hydroxylation is 1. The van der Waals surface area contributed by atoms with Gasteiger partial charge in [0.2, 0.25) is 9.84 Å². The van der Waals surface area contributed by atoms with Gasteiger partial charge in [0.1, 0.15) is 44.1 Å². The largest absolute Gasteiger partial charge is 0.384 e. The molecular weight excluding hydrogens is 404 g/mol. The molecule has 1 aliphatic heterocycles. The molecule has 1 fully saturated rings. The van der Waals surface area contributed by atoms with Gasteiger partial charge in [0.15, 0.2) is 5.82 Å². The molecule has 11 heteroatoms. The molecule has 3 N–H and O–H groups in total. The third-order valence-electron chi connectivity index (χ3n) is 4.71. The molecule has 4 rings (SSSR count). The Morgan fingerprint density at radius 2 is 2.07 bits per heavy atom. The summed E-state index contributed by atoms with van der Waals surface area (Å²) in [6.45, 7) is 5.16. The molecule has 1 atom stereocenters. The molecule has 1 aliphatic rings. The summed E-state index contributed by atoms with van der Waals surface area (Å²) in [5.41, 5.74) is 6.39. The minimum absolute atomic E-state index is 0.0297. The Hall–Kier alpha value is -2.79. The molecule has 29 heavy (non-hydrogen) atoms. The second-order valence-electron chi connectivity index (χ2n) is 6.89. The first-order chi connectivity index (χ1) is 13.7. The van der Waals surface area contributed by atoms with Crippen LogP contribution in [-0.2, 0) is 14.6 Å². The Morgan fingerprint density at radius 3 is 2.76 bits per heavy atom. The maximum Gasteiger partial charge on any atom is 0.215 e. The van der Waals surface area contributed by atoms with Gasteiger partial charge >= 0.3 is 0 Å². The van der Waals surface area contributed by atoms with E-state index in [1.807, 2.05) is 11.8 Å². The van der Waals surface area contributed by atoms with Gasteiger partial charge in [0.25, 0.3) is 0 Å². The molecule has 154 valence electrons. The lowest BCUT2D eigenvalue weighted by Crippen LogP contribution is -2.41. The van der Waals surface area contributed by atoms with Crippen LogP contribution in [0.5, 0.6) is 0 Å². The standard InChI is InChI=1S/C18H19F2N5O3S/c1-9-8-25(5-6-28-9)18-15-14(22-10(2)23-18)16(17(21)24-15)29(26,27)13-4-3-11(19)7-12(13)20/h3-4,7,9,24H,5-6,8,21H2,1-2H3/t9-/m1/s1. The summed E-state index contributed by atoms with van der Waals surface area (Å²) in [4.78, 5) is 12.5. The van der Waals surface area contributed by atoms with Gasteiger partial charge in [0.05, 0.1) is 12.7 Å². The number of nitrogens with zero attached hydrogens (tertiary/aromatic N) is 3. The number of H-pyrrole nitrogens is 1. The van der Waals surface area contributed by atoms with Crippen LogP contribution in [0.1, 0.15) is 12.7 Å². The number of aromatic amines is 1. The monoisotopic (exact) mass is 423 g/mol. The Labute approximate surface area is 165 Å². The Morgan fingerprint density at radius 1 is 1.31 bits per heavy atom. The van der Waals surface area contributed by atoms with E-state index in [4.69, 9.17) is 10.5 Å². The lowest BCUT2D eigenvalue weighted by atomic mass is 10.3. The quantitative estimate of drug-likeness (QED) is 0.621. The van der Waals surface area contributed by atoms with Crippen LogP contribution >= 0.6 is 0 Å². The average Bonchev–Trinajstić information content (AvgIpc) is 2.97. The molecule has 0 radical (unpaired) electrons. The smallest absolute Gasteiger partial charge is 0.215 e. The number of hydrogen-bond donors (Lipinski definition) is 2. The topological polar surface area (TPSA) is 114 Å². The number of sulfone groups is 1. The summed E-state index contributed by atoms with van der Waals surface area (Å²) >= 11 is 0. The van der Waals surface area contributed by atoms with Crippen molar-refractivity contribution in [1.82, 2.24) is 15.0 Å². The molecule has 2 aromatic heterocycles. The Kier molecular flexibility index (Phi) is 4.66. The molecular formula is C18H19F2N5O3S. The van der Waals surface area contributed by atoms with Crippen molar-refractivity contribution in [2.75, 3.05) is 30.3 Å². The van der Waals surface area contributed by atoms with Crippen molar-refractivity contribution < 1.29 is 21.9 Å². The van der Waals surface area contributed by atoms with Crippen LogP contribution in [0.3, 0.4) is 0 Å². The Balaban J connectivity index is 1.93. The van der Waals surface area contributed by atoms with Crippen LogP contribution in [0.15, 0.2) is 28.0 Å². The van der Waals surface area contributed by atoms with E-state index in [1.165, 1.54) is 0 Å². The van der Waals surface area contributed by atoms with Crippen LogP contribution in [0.25, 0.3) is 11.0 Å². The molecule has 3 heterocycles. The van der Waals surface area contributed by atoms with E-state index in [0.717, 1.165) is 12.1 Å². The summed E-state index contributed by atoms with van der Waals surface area (Å²) < 4.78 is 59.3. The maximum atomic E-state index is 14.2. The molecule has 3 aromatic rings. The molecule has 1 aromatic carbocycles. The van der Waals surface area contributed by atoms with Gasteiger partial charge < -0.3 is 20.4 Å². The number of morpholine rings is 1. The summed E-state index contributed by atoms with van der Waals surface area (Å²) in [7, 11) is -4.41. The van der Waals surface area contributed by atoms with Gasteiger partial charge in [0, 0.05) is 19.2 Å². The number of nitrogens with one attached hydrogen (secondary N) is 1. The second kappa shape index (κ2) is 6.92. The molecule has 0 amide bonds. The number of nitrogen functional groups attached to an aromatic ring is 1. The first-order valence-electron chi connectivity index (χ1n) is 8.91. The van der Waals surface area contributed by atoms with Crippen LogP contribution in [-0.4, -0.2) is 49.2 Å². The van der Waals surface area contributed by atoms with E-state index in [1.54, 1.807) is 6.92 Å². The third-order valence-corrected chi connectivity index (χ3v) is 6.57. The van der Waals surface area contributed by atoms with Crippen molar-refractivity contribution in [2.45, 2.75) is 29.7 Å². The number of anilines is 2. The zero-order valence-corrected chi connectivity index (χ0v) is 16.6. The fraction of sp³-hybridized carbons (Fsp3) is 0.333. The highest BCUT2D eigenvalue weighted by atomic mass is 32.2. The van der Waals surface area contributed by atoms with Crippen molar-refractivity contribution in [3.05, 3.63) is 35.7 Å². The number of halogens is 2. The van der Waals surface area contributed by atoms with E-state index in [9.17, 15) is 17.2 Å². The van der Waals surface area contributed by atoms with Gasteiger partial charge in [-0.1, -0.05) is 0 Å². The predicted molar refractivity (Wildman–Crippen MR) is 102 cm³/mol. The molecule has 0 saturated carbocycles. The minimum atomic E-state index is -4.41. The highest BCUT2D eigenvalue weighted by Gasteiger charge is 2.32. The average molecular weight is 423 g/mol. The summed E-state index contributed by atoms with van der Waals surface area (Å²) in [5.74, 6) is -1.44. The van der Waals surface area contributed by atoms with E-state index < -0.39 is 26.4 Å². The number of ether oxygens (including phenoxy) is 1. The van der Waals surface area contributed by atoms with Crippen molar-refractivity contribution >= 4 is 32.5 Å². The van der Waals surface area contributed by atoms with E-state index in [-0.39, 0.29) is 22.3 Å². The van der Waals surface area contributed by atoms with E-state index >= 15 is 0 Å². The third kappa shape index (κ3) is 3.29. The number of nitrogens with two attached hydrogens (primary N) is 1. The SMILES string of the molecule is Cc1nc(N2CCO[C@H](C)C2)c2[nH]c(N)c(S(=O)(=O)c3ccc(F)cc3F)c2n1. The summed E-state index contributed by atoms with van der Waals surface area (Å²) in [6.07, 6.45) is -0.0297. The van der Waals surface area contributed by atoms with Crippen LogP contribution in [0.2, 0.25) is 0 Å². The van der Waals surface area contributed by atoms with Gasteiger partial charge in [-0.25, -0.2) is 27.2 Å². The predicted octanol–water partition coefficient (Wildman–Crippen LogP) is 2.18. The molecule has 0 spiro atoms. The zero-order chi connectivity index (χ0) is 20.9. The normalized spacial score (nSPS) is 17.8. The first-order valence-corrected chi connectivity index (χ1v) is 10.4. The van der Waals surface area contributed by atoms with Crippen molar-refractivity contribution in [1.29, 1.82) is 0 Å². The minimum Gasteiger partial charge on any atom is -0.384 e. The lowest BCUT2D eigenvalue weighted by molar-refractivity contribution is 0.0530. The van der Waals surface area contributed by atoms with Gasteiger partial charge in [-0.2, -0.15) is 0 Å². The number of fused-ring (bicyclic) bond motifs is 1. The van der Waals surface area contributed by atoms with Crippen LogP contribution in [0, 0.1) is 18.6 Å². The molecule has 0 aliphatic carbocycles. The lowest BCUT2D eigenvalue weighted by Gasteiger charge is -2.32. The second-order valence-corrected chi connectivity index (χ2v) is 8.75. The van der Waals surface area contributed by atoms with Crippen molar-refractivity contribution in [2.24, 2.45) is 0 Å². The number of hydrogen-bond acceptors (Lipinski definition) is 7. The van der Waals surface area contributed by atoms with Gasteiger partial charge in [-0.05, 0) is 26.0 Å². The highest BCUT2D eigenvalue weighted by Crippen LogP contribution is 2.36. The number of rotatable bonds is 3. The molecule has 0 bridgehead atoms. The van der Waals surface area contributed by atoms with Gasteiger partial charge in [-0.3, -0.25) is 0 Å². The van der Waals surface area contributed by atoms with Crippen LogP contribution < -0.4 is 10.6 Å². The highest BCUT2D eigenvalue weighted by molar-refractivity contribution is 7.92. The fourth-order valence-corrected chi connectivity index (χ4v) is 5.00. The molecule has 0 unspecified atom stereocenters. The molecule has 1 saturated heterocycles. The zero-order valence-electron chi connectivity index (χ0n) is 15.7. The summed E-state index contributed by atoms with van der Waals surface area (Å²) in [6, 6.07) is 2.26. The molecule has 8 nitrogen and oxygen atoms in total. The number of benzene rings is 1. The fourth-order valence-electron chi connectivity index (χ4n) is 3.47.